The molecule has 6 rings (SSSR count). The summed E-state index contributed by atoms with van der Waals surface area (Å²) in [4.78, 5) is 24.8. The first kappa shape index (κ1) is 28.8. The van der Waals surface area contributed by atoms with E-state index in [1.54, 1.807) is 30.3 Å². The molecule has 0 saturated carbocycles. The summed E-state index contributed by atoms with van der Waals surface area (Å²) in [6.07, 6.45) is -3.68. The number of hydrogen-bond donors (Lipinski definition) is 0. The molecule has 0 bridgehead atoms. The largest absolute Gasteiger partial charge is 0.471 e. The Kier molecular flexibility index (Phi) is 7.65. The maximum atomic E-state index is 14.2. The highest BCUT2D eigenvalue weighted by atomic mass is 35.5. The van der Waals surface area contributed by atoms with E-state index in [0.717, 1.165) is 18.0 Å². The Labute approximate surface area is 247 Å². The second kappa shape index (κ2) is 11.4. The molecule has 0 radical (unpaired) electrons. The lowest BCUT2D eigenvalue weighted by atomic mass is 10.1. The summed E-state index contributed by atoms with van der Waals surface area (Å²) in [5.41, 5.74) is 1.36. The second-order valence-electron chi connectivity index (χ2n) is 10.0. The van der Waals surface area contributed by atoms with Crippen LogP contribution in [0.3, 0.4) is 0 Å². The summed E-state index contributed by atoms with van der Waals surface area (Å²) in [6, 6.07) is 13.6. The fourth-order valence-corrected chi connectivity index (χ4v) is 4.99. The Bertz CT molecular complexity index is 1860. The van der Waals surface area contributed by atoms with Crippen molar-refractivity contribution in [3.63, 3.8) is 0 Å². The molecule has 0 spiro atoms. The lowest BCUT2D eigenvalue weighted by molar-refractivity contribution is -0.142. The number of hydrogen-bond acceptors (Lipinski definition) is 7. The van der Waals surface area contributed by atoms with Crippen LogP contribution in [0, 0.1) is 5.82 Å². The van der Waals surface area contributed by atoms with E-state index in [9.17, 15) is 22.4 Å². The first-order chi connectivity index (χ1) is 20.6. The van der Waals surface area contributed by atoms with Gasteiger partial charge < -0.3 is 18.8 Å². The number of rotatable bonds is 8. The Hall–Kier alpha value is -4.29. The summed E-state index contributed by atoms with van der Waals surface area (Å²) in [6.45, 7) is 0.670. The van der Waals surface area contributed by atoms with Crippen LogP contribution in [0.4, 0.5) is 17.6 Å². The van der Waals surface area contributed by atoms with E-state index in [0.29, 0.717) is 42.0 Å². The molecule has 8 nitrogen and oxygen atoms in total. The summed E-state index contributed by atoms with van der Waals surface area (Å²) >= 11 is 5.77. The fourth-order valence-electron chi connectivity index (χ4n) is 4.83. The molecule has 222 valence electrons. The van der Waals surface area contributed by atoms with Gasteiger partial charge >= 0.3 is 12.1 Å². The molecule has 13 heteroatoms. The van der Waals surface area contributed by atoms with Gasteiger partial charge in [-0.2, -0.15) is 13.2 Å². The molecule has 3 aromatic carbocycles. The molecule has 0 unspecified atom stereocenters. The van der Waals surface area contributed by atoms with Gasteiger partial charge in [0.1, 0.15) is 18.2 Å². The van der Waals surface area contributed by atoms with Crippen molar-refractivity contribution in [2.75, 3.05) is 13.7 Å². The monoisotopic (exact) mass is 614 g/mol. The molecule has 0 N–H and O–H groups in total. The lowest BCUT2D eigenvalue weighted by Gasteiger charge is -2.27. The van der Waals surface area contributed by atoms with E-state index in [4.69, 9.17) is 30.8 Å². The number of methoxy groups -OCH3 is 1. The van der Waals surface area contributed by atoms with Gasteiger partial charge in [0.2, 0.25) is 11.6 Å². The number of carbonyl (C=O) groups excluding carboxylic acids is 1. The molecular formula is C30H23ClF4N4O4. The molecule has 3 heterocycles. The molecule has 1 fully saturated rings. The minimum absolute atomic E-state index is 0.00798. The number of ether oxygens (including phenoxy) is 3. The van der Waals surface area contributed by atoms with E-state index in [2.05, 4.69) is 9.97 Å². The molecule has 43 heavy (non-hydrogen) atoms. The molecule has 0 aliphatic carbocycles. The van der Waals surface area contributed by atoms with E-state index in [-0.39, 0.29) is 27.7 Å². The molecule has 1 aliphatic rings. The van der Waals surface area contributed by atoms with Crippen LogP contribution in [0.1, 0.15) is 39.4 Å². The standard InChI is InChI=1S/C30H23ClF4N4O4/c1-41-29(40)17-4-7-23-25(12-17)39(14-20-8-9-42-20)26(36-23)11-16-2-6-22-24(10-16)38-28(27(37-22)30(33,34)35)43-15-18-3-5-19(31)13-21(18)32/h2-7,10,12-13,20H,8-9,11,14-15H2,1H3/t20-/m0/s1. The molecule has 5 aromatic rings. The second-order valence-corrected chi connectivity index (χ2v) is 10.5. The third kappa shape index (κ3) is 5.98. The zero-order chi connectivity index (χ0) is 30.3. The number of fused-ring (bicyclic) bond motifs is 2. The van der Waals surface area contributed by atoms with Crippen molar-refractivity contribution in [1.82, 2.24) is 19.5 Å². The predicted octanol–water partition coefficient (Wildman–Crippen LogP) is 6.54. The number of esters is 1. The van der Waals surface area contributed by atoms with Gasteiger partial charge in [0.15, 0.2) is 0 Å². The zero-order valence-corrected chi connectivity index (χ0v) is 23.4. The van der Waals surface area contributed by atoms with Crippen molar-refractivity contribution in [3.05, 3.63) is 93.6 Å². The van der Waals surface area contributed by atoms with Crippen molar-refractivity contribution in [3.8, 4) is 5.88 Å². The smallest absolute Gasteiger partial charge is 0.438 e. The van der Waals surface area contributed by atoms with Crippen LogP contribution in [-0.2, 0) is 35.2 Å². The van der Waals surface area contributed by atoms with Crippen LogP contribution in [0.2, 0.25) is 5.02 Å². The lowest BCUT2D eigenvalue weighted by Crippen LogP contribution is -2.31. The maximum Gasteiger partial charge on any atom is 0.438 e. The van der Waals surface area contributed by atoms with E-state index in [1.165, 1.54) is 25.3 Å². The Balaban J connectivity index is 1.35. The third-order valence-electron chi connectivity index (χ3n) is 7.13. The first-order valence-electron chi connectivity index (χ1n) is 13.2. The fraction of sp³-hybridized carbons (Fsp3) is 0.267. The van der Waals surface area contributed by atoms with E-state index < -0.39 is 36.1 Å². The van der Waals surface area contributed by atoms with Crippen molar-refractivity contribution >= 4 is 39.6 Å². The number of aromatic nitrogens is 4. The average Bonchev–Trinajstić information content (AvgIpc) is 3.28. The van der Waals surface area contributed by atoms with Gasteiger partial charge in [0.05, 0.1) is 47.4 Å². The molecule has 1 atom stereocenters. The summed E-state index contributed by atoms with van der Waals surface area (Å²) in [7, 11) is 1.31. The van der Waals surface area contributed by atoms with Crippen LogP contribution < -0.4 is 4.74 Å². The van der Waals surface area contributed by atoms with Crippen molar-refractivity contribution < 1.29 is 36.6 Å². The average molecular weight is 615 g/mol. The molecule has 2 aromatic heterocycles. The molecular weight excluding hydrogens is 592 g/mol. The number of imidazole rings is 1. The van der Waals surface area contributed by atoms with Gasteiger partial charge in [0.25, 0.3) is 0 Å². The Morgan fingerprint density at radius 2 is 1.84 bits per heavy atom. The SMILES string of the molecule is COC(=O)c1ccc2nc(Cc3ccc4nc(C(F)(F)F)c(OCc5ccc(Cl)cc5F)nc4c3)n(C[C@@H]3CCO3)c2c1. The van der Waals surface area contributed by atoms with Gasteiger partial charge in [-0.05, 0) is 54.4 Å². The summed E-state index contributed by atoms with van der Waals surface area (Å²) in [5.74, 6) is -1.29. The summed E-state index contributed by atoms with van der Waals surface area (Å²) in [5, 5.41) is 0.146. The third-order valence-corrected chi connectivity index (χ3v) is 7.37. The van der Waals surface area contributed by atoms with Crippen molar-refractivity contribution in [2.24, 2.45) is 0 Å². The van der Waals surface area contributed by atoms with E-state index >= 15 is 0 Å². The number of benzene rings is 3. The number of carbonyl (C=O) groups is 1. The Morgan fingerprint density at radius 3 is 2.53 bits per heavy atom. The predicted molar refractivity (Wildman–Crippen MR) is 149 cm³/mol. The molecule has 1 aliphatic heterocycles. The highest BCUT2D eigenvalue weighted by Gasteiger charge is 2.38. The van der Waals surface area contributed by atoms with Crippen LogP contribution >= 0.6 is 11.6 Å². The maximum absolute atomic E-state index is 14.2. The van der Waals surface area contributed by atoms with Gasteiger partial charge in [-0.25, -0.2) is 24.1 Å². The van der Waals surface area contributed by atoms with Gasteiger partial charge in [-0.1, -0.05) is 23.7 Å². The highest BCUT2D eigenvalue weighted by molar-refractivity contribution is 6.30. The molecule has 1 saturated heterocycles. The zero-order valence-electron chi connectivity index (χ0n) is 22.6. The number of halogens is 5. The minimum Gasteiger partial charge on any atom is -0.471 e. The van der Waals surface area contributed by atoms with Gasteiger partial charge in [0, 0.05) is 23.6 Å². The van der Waals surface area contributed by atoms with Crippen LogP contribution in [0.15, 0.2) is 54.6 Å². The minimum atomic E-state index is -4.86. The first-order valence-corrected chi connectivity index (χ1v) is 13.6. The Morgan fingerprint density at radius 1 is 1.05 bits per heavy atom. The number of nitrogens with zero attached hydrogens (tertiary/aromatic N) is 4. The summed E-state index contributed by atoms with van der Waals surface area (Å²) < 4.78 is 73.7. The van der Waals surface area contributed by atoms with Gasteiger partial charge in [-0.15, -0.1) is 0 Å². The highest BCUT2D eigenvalue weighted by Crippen LogP contribution is 2.36. The number of alkyl halides is 3. The van der Waals surface area contributed by atoms with Crippen LogP contribution in [-0.4, -0.2) is 45.3 Å². The van der Waals surface area contributed by atoms with E-state index in [1.807, 2.05) is 4.57 Å². The quantitative estimate of drug-likeness (QED) is 0.145. The van der Waals surface area contributed by atoms with Crippen LogP contribution in [0.25, 0.3) is 22.1 Å². The topological polar surface area (TPSA) is 88.4 Å². The van der Waals surface area contributed by atoms with Crippen molar-refractivity contribution in [1.29, 1.82) is 0 Å². The van der Waals surface area contributed by atoms with Crippen molar-refractivity contribution in [2.45, 2.75) is 38.3 Å². The molecule has 0 amide bonds. The van der Waals surface area contributed by atoms with Gasteiger partial charge in [-0.3, -0.25) is 0 Å². The van der Waals surface area contributed by atoms with Crippen LogP contribution in [0.5, 0.6) is 5.88 Å². The normalized spacial score (nSPS) is 15.1.